The third kappa shape index (κ3) is 8.11. The molecule has 5 nitrogen and oxygen atoms in total. The summed E-state index contributed by atoms with van der Waals surface area (Å²) in [6.45, 7) is 12.0. The molecule has 0 radical (unpaired) electrons. The highest BCUT2D eigenvalue weighted by atomic mass is 16.5. The molecule has 0 aromatic carbocycles. The van der Waals surface area contributed by atoms with E-state index in [9.17, 15) is 4.79 Å². The van der Waals surface area contributed by atoms with Crippen molar-refractivity contribution in [2.75, 3.05) is 46.0 Å². The van der Waals surface area contributed by atoms with Crippen LogP contribution < -0.4 is 5.32 Å². The van der Waals surface area contributed by atoms with Gasteiger partial charge in [-0.1, -0.05) is 33.6 Å². The molecular weight excluding hydrogens is 280 g/mol. The van der Waals surface area contributed by atoms with Crippen molar-refractivity contribution < 1.29 is 14.3 Å². The van der Waals surface area contributed by atoms with Gasteiger partial charge in [-0.25, -0.2) is 0 Å². The molecule has 1 rings (SSSR count). The molecule has 0 spiro atoms. The topological polar surface area (TPSA) is 50.8 Å². The molecule has 0 bridgehead atoms. The van der Waals surface area contributed by atoms with E-state index in [0.29, 0.717) is 6.54 Å². The van der Waals surface area contributed by atoms with Crippen molar-refractivity contribution in [3.05, 3.63) is 0 Å². The molecule has 130 valence electrons. The maximum atomic E-state index is 11.8. The van der Waals surface area contributed by atoms with Gasteiger partial charge in [0, 0.05) is 38.7 Å². The maximum Gasteiger partial charge on any atom is 0.222 e. The Morgan fingerprint density at radius 2 is 2.18 bits per heavy atom. The number of ether oxygens (including phenoxy) is 2. The Morgan fingerprint density at radius 3 is 2.91 bits per heavy atom. The molecule has 1 aliphatic rings. The molecule has 0 aliphatic carbocycles. The SMILES string of the molecule is CCCCCOCCN1CCO[C@H](CNC(=O)C(C)CC)C1. The van der Waals surface area contributed by atoms with Gasteiger partial charge in [-0.2, -0.15) is 0 Å². The second-order valence-electron chi connectivity index (χ2n) is 6.17. The minimum absolute atomic E-state index is 0.0798. The fraction of sp³-hybridized carbons (Fsp3) is 0.941. The Bertz CT molecular complexity index is 300. The van der Waals surface area contributed by atoms with Crippen LogP contribution in [0.25, 0.3) is 0 Å². The number of unbranched alkanes of at least 4 members (excludes halogenated alkanes) is 2. The fourth-order valence-electron chi connectivity index (χ4n) is 2.43. The second kappa shape index (κ2) is 11.9. The van der Waals surface area contributed by atoms with Crippen LogP contribution in [0.4, 0.5) is 0 Å². The van der Waals surface area contributed by atoms with Crippen molar-refractivity contribution in [1.82, 2.24) is 10.2 Å². The molecule has 22 heavy (non-hydrogen) atoms. The fourth-order valence-corrected chi connectivity index (χ4v) is 2.43. The highest BCUT2D eigenvalue weighted by Crippen LogP contribution is 2.06. The monoisotopic (exact) mass is 314 g/mol. The van der Waals surface area contributed by atoms with E-state index in [0.717, 1.165) is 52.3 Å². The van der Waals surface area contributed by atoms with Crippen LogP contribution in [0, 0.1) is 5.92 Å². The second-order valence-corrected chi connectivity index (χ2v) is 6.17. The van der Waals surface area contributed by atoms with Crippen molar-refractivity contribution in [2.45, 2.75) is 52.6 Å². The number of nitrogens with zero attached hydrogens (tertiary/aromatic N) is 1. The van der Waals surface area contributed by atoms with E-state index >= 15 is 0 Å². The highest BCUT2D eigenvalue weighted by Gasteiger charge is 2.21. The van der Waals surface area contributed by atoms with Crippen molar-refractivity contribution in [2.24, 2.45) is 5.92 Å². The molecule has 2 atom stereocenters. The summed E-state index contributed by atoms with van der Waals surface area (Å²) >= 11 is 0. The van der Waals surface area contributed by atoms with E-state index in [2.05, 4.69) is 17.1 Å². The summed E-state index contributed by atoms with van der Waals surface area (Å²) in [5.41, 5.74) is 0. The van der Waals surface area contributed by atoms with Crippen molar-refractivity contribution >= 4 is 5.91 Å². The maximum absolute atomic E-state index is 11.8. The molecule has 1 heterocycles. The largest absolute Gasteiger partial charge is 0.380 e. The third-order valence-electron chi connectivity index (χ3n) is 4.23. The molecule has 5 heteroatoms. The van der Waals surface area contributed by atoms with Crippen LogP contribution in [0.15, 0.2) is 0 Å². The van der Waals surface area contributed by atoms with Gasteiger partial charge in [0.1, 0.15) is 0 Å². The van der Waals surface area contributed by atoms with Gasteiger partial charge in [0.05, 0.1) is 19.3 Å². The Morgan fingerprint density at radius 1 is 1.36 bits per heavy atom. The van der Waals surface area contributed by atoms with Crippen LogP contribution in [0.3, 0.4) is 0 Å². The first-order chi connectivity index (χ1) is 10.7. The Kier molecular flexibility index (Phi) is 10.5. The summed E-state index contributed by atoms with van der Waals surface area (Å²) in [6, 6.07) is 0. The molecule has 0 aromatic rings. The quantitative estimate of drug-likeness (QED) is 0.593. The summed E-state index contributed by atoms with van der Waals surface area (Å²) in [4.78, 5) is 14.2. The van der Waals surface area contributed by atoms with E-state index in [-0.39, 0.29) is 17.9 Å². The lowest BCUT2D eigenvalue weighted by atomic mass is 10.1. The molecule has 1 amide bonds. The number of rotatable bonds is 11. The van der Waals surface area contributed by atoms with Gasteiger partial charge in [0.2, 0.25) is 5.91 Å². The van der Waals surface area contributed by atoms with Gasteiger partial charge < -0.3 is 14.8 Å². The molecule has 1 saturated heterocycles. The first-order valence-corrected chi connectivity index (χ1v) is 8.86. The van der Waals surface area contributed by atoms with E-state index < -0.39 is 0 Å². The van der Waals surface area contributed by atoms with Gasteiger partial charge in [-0.05, 0) is 12.8 Å². The van der Waals surface area contributed by atoms with Crippen molar-refractivity contribution in [1.29, 1.82) is 0 Å². The smallest absolute Gasteiger partial charge is 0.222 e. The minimum atomic E-state index is 0.0798. The standard InChI is InChI=1S/C17H34N2O3/c1-4-6-7-10-21-11-8-19-9-12-22-16(14-19)13-18-17(20)15(3)5-2/h15-16H,4-14H2,1-3H3,(H,18,20)/t15?,16-/m1/s1. The zero-order valence-corrected chi connectivity index (χ0v) is 14.6. The number of nitrogens with one attached hydrogen (secondary N) is 1. The lowest BCUT2D eigenvalue weighted by molar-refractivity contribution is -0.125. The summed E-state index contributed by atoms with van der Waals surface area (Å²) in [5.74, 6) is 0.207. The molecule has 1 unspecified atom stereocenters. The Balaban J connectivity index is 2.12. The molecule has 1 aliphatic heterocycles. The average molecular weight is 314 g/mol. The molecular formula is C17H34N2O3. The Labute approximate surface area is 135 Å². The zero-order chi connectivity index (χ0) is 16.2. The van der Waals surface area contributed by atoms with Gasteiger partial charge in [-0.3, -0.25) is 9.69 Å². The highest BCUT2D eigenvalue weighted by molar-refractivity contribution is 5.78. The van der Waals surface area contributed by atoms with E-state index in [4.69, 9.17) is 9.47 Å². The van der Waals surface area contributed by atoms with Crippen LogP contribution in [0.5, 0.6) is 0 Å². The van der Waals surface area contributed by atoms with Crippen molar-refractivity contribution in [3.8, 4) is 0 Å². The van der Waals surface area contributed by atoms with Gasteiger partial charge >= 0.3 is 0 Å². The lowest BCUT2D eigenvalue weighted by Gasteiger charge is -2.33. The predicted molar refractivity (Wildman–Crippen MR) is 89.0 cm³/mol. The van der Waals surface area contributed by atoms with Crippen LogP contribution in [0.2, 0.25) is 0 Å². The first-order valence-electron chi connectivity index (χ1n) is 8.86. The first kappa shape index (κ1) is 19.4. The molecule has 0 saturated carbocycles. The minimum Gasteiger partial charge on any atom is -0.380 e. The normalized spacial score (nSPS) is 20.8. The van der Waals surface area contributed by atoms with E-state index in [1.807, 2.05) is 13.8 Å². The van der Waals surface area contributed by atoms with E-state index in [1.165, 1.54) is 12.8 Å². The summed E-state index contributed by atoms with van der Waals surface area (Å²) in [7, 11) is 0. The molecule has 1 fully saturated rings. The van der Waals surface area contributed by atoms with Gasteiger partial charge in [0.15, 0.2) is 0 Å². The van der Waals surface area contributed by atoms with Crippen LogP contribution in [-0.2, 0) is 14.3 Å². The summed E-state index contributed by atoms with van der Waals surface area (Å²) in [5, 5.41) is 2.99. The number of carbonyl (C=O) groups excluding carboxylic acids is 1. The van der Waals surface area contributed by atoms with Crippen LogP contribution >= 0.6 is 0 Å². The number of hydrogen-bond acceptors (Lipinski definition) is 4. The number of amides is 1. The molecule has 1 N–H and O–H groups in total. The van der Waals surface area contributed by atoms with E-state index in [1.54, 1.807) is 0 Å². The summed E-state index contributed by atoms with van der Waals surface area (Å²) in [6.07, 6.45) is 4.61. The molecule has 0 aromatic heterocycles. The number of hydrogen-bond donors (Lipinski definition) is 1. The zero-order valence-electron chi connectivity index (χ0n) is 14.6. The summed E-state index contributed by atoms with van der Waals surface area (Å²) < 4.78 is 11.4. The predicted octanol–water partition coefficient (Wildman–Crippen LogP) is 2.06. The third-order valence-corrected chi connectivity index (χ3v) is 4.23. The van der Waals surface area contributed by atoms with Gasteiger partial charge in [0.25, 0.3) is 0 Å². The van der Waals surface area contributed by atoms with Crippen molar-refractivity contribution in [3.63, 3.8) is 0 Å². The van der Waals surface area contributed by atoms with Crippen LogP contribution in [-0.4, -0.2) is 62.9 Å². The van der Waals surface area contributed by atoms with Crippen LogP contribution in [0.1, 0.15) is 46.5 Å². The Hall–Kier alpha value is -0.650. The lowest BCUT2D eigenvalue weighted by Crippen LogP contribution is -2.48. The van der Waals surface area contributed by atoms with Gasteiger partial charge in [-0.15, -0.1) is 0 Å². The average Bonchev–Trinajstić information content (AvgIpc) is 2.55. The number of morpholine rings is 1. The number of carbonyl (C=O) groups is 1.